The topological polar surface area (TPSA) is 69.5 Å². The molecule has 2 fully saturated rings. The van der Waals surface area contributed by atoms with Crippen molar-refractivity contribution in [3.8, 4) is 11.5 Å². The summed E-state index contributed by atoms with van der Waals surface area (Å²) >= 11 is 0. The van der Waals surface area contributed by atoms with E-state index in [0.29, 0.717) is 30.5 Å². The van der Waals surface area contributed by atoms with E-state index in [1.54, 1.807) is 0 Å². The monoisotopic (exact) mass is 340 g/mol. The molecule has 1 amide bonds. The second kappa shape index (κ2) is 5.75. The first-order valence-electron chi connectivity index (χ1n) is 8.87. The molecular formula is C18H20N4O3. The second-order valence-corrected chi connectivity index (χ2v) is 6.99. The fraction of sp³-hybridized carbons (Fsp3) is 0.500. The fourth-order valence-corrected chi connectivity index (χ4v) is 3.54. The number of benzene rings is 1. The lowest BCUT2D eigenvalue weighted by Crippen LogP contribution is -2.45. The van der Waals surface area contributed by atoms with Crippen molar-refractivity contribution in [2.45, 2.75) is 37.3 Å². The number of aromatic nitrogens is 3. The van der Waals surface area contributed by atoms with Crippen LogP contribution in [0.3, 0.4) is 0 Å². The number of carbonyl (C=O) groups is 1. The van der Waals surface area contributed by atoms with E-state index in [0.717, 1.165) is 12.1 Å². The van der Waals surface area contributed by atoms with E-state index in [2.05, 4.69) is 10.3 Å². The number of hydrogen-bond donors (Lipinski definition) is 0. The Morgan fingerprint density at radius 2 is 2.00 bits per heavy atom. The molecule has 5 rings (SSSR count). The molecule has 0 bridgehead atoms. The van der Waals surface area contributed by atoms with Gasteiger partial charge in [-0.15, -0.1) is 5.10 Å². The predicted octanol–water partition coefficient (Wildman–Crippen LogP) is 1.77. The maximum Gasteiger partial charge on any atom is 0.267 e. The van der Waals surface area contributed by atoms with Crippen molar-refractivity contribution in [2.75, 3.05) is 19.7 Å². The van der Waals surface area contributed by atoms with E-state index in [1.165, 1.54) is 12.8 Å². The standard InChI is InChI=1S/C18H20N4O3/c23-18(17-11-24-15-3-1-2-4-16(15)25-17)21-8-7-13(9-21)22-10-14(19-20-22)12-5-6-12/h1-4,10,12-13,17H,5-9,11H2. The number of rotatable bonds is 3. The van der Waals surface area contributed by atoms with Crippen LogP contribution in [-0.4, -0.2) is 51.6 Å². The first kappa shape index (κ1) is 14.7. The fourth-order valence-electron chi connectivity index (χ4n) is 3.54. The van der Waals surface area contributed by atoms with Gasteiger partial charge in [0.25, 0.3) is 5.91 Å². The van der Waals surface area contributed by atoms with E-state index in [4.69, 9.17) is 9.47 Å². The summed E-state index contributed by atoms with van der Waals surface area (Å²) in [5.41, 5.74) is 1.09. The van der Waals surface area contributed by atoms with Gasteiger partial charge in [0.1, 0.15) is 6.61 Å². The summed E-state index contributed by atoms with van der Waals surface area (Å²) in [4.78, 5) is 14.6. The van der Waals surface area contributed by atoms with Crippen molar-refractivity contribution in [3.63, 3.8) is 0 Å². The molecule has 1 saturated heterocycles. The summed E-state index contributed by atoms with van der Waals surface area (Å²) in [6.45, 7) is 1.61. The Morgan fingerprint density at radius 1 is 1.16 bits per heavy atom. The third-order valence-corrected chi connectivity index (χ3v) is 5.16. The molecule has 2 atom stereocenters. The van der Waals surface area contributed by atoms with E-state index in [-0.39, 0.29) is 18.6 Å². The summed E-state index contributed by atoms with van der Waals surface area (Å²) in [5.74, 6) is 1.91. The van der Waals surface area contributed by atoms with Crippen LogP contribution in [0.5, 0.6) is 11.5 Å². The van der Waals surface area contributed by atoms with Crippen LogP contribution in [0.25, 0.3) is 0 Å². The Bertz CT molecular complexity index is 801. The molecule has 0 N–H and O–H groups in total. The van der Waals surface area contributed by atoms with E-state index >= 15 is 0 Å². The molecule has 7 nitrogen and oxygen atoms in total. The van der Waals surface area contributed by atoms with Gasteiger partial charge in [0, 0.05) is 25.2 Å². The van der Waals surface area contributed by atoms with Gasteiger partial charge in [-0.3, -0.25) is 4.79 Å². The van der Waals surface area contributed by atoms with E-state index in [9.17, 15) is 4.79 Å². The van der Waals surface area contributed by atoms with Crippen LogP contribution in [0.1, 0.15) is 36.9 Å². The quantitative estimate of drug-likeness (QED) is 0.852. The number of ether oxygens (including phenoxy) is 2. The van der Waals surface area contributed by atoms with Crippen LogP contribution >= 0.6 is 0 Å². The van der Waals surface area contributed by atoms with Gasteiger partial charge in [-0.2, -0.15) is 0 Å². The maximum absolute atomic E-state index is 12.8. The molecule has 3 aliphatic rings. The molecule has 3 heterocycles. The smallest absolute Gasteiger partial charge is 0.267 e. The highest BCUT2D eigenvalue weighted by atomic mass is 16.6. The largest absolute Gasteiger partial charge is 0.485 e. The Labute approximate surface area is 145 Å². The van der Waals surface area contributed by atoms with Crippen LogP contribution in [0.15, 0.2) is 30.5 Å². The molecule has 0 spiro atoms. The van der Waals surface area contributed by atoms with E-state index in [1.807, 2.05) is 40.0 Å². The average Bonchev–Trinajstić information content (AvgIpc) is 3.19. The lowest BCUT2D eigenvalue weighted by atomic mass is 10.2. The van der Waals surface area contributed by atoms with Gasteiger partial charge in [-0.05, 0) is 31.4 Å². The SMILES string of the molecule is O=C(C1COc2ccccc2O1)N1CCC(n2cc(C3CC3)nn2)C1. The van der Waals surface area contributed by atoms with Gasteiger partial charge in [0.05, 0.1) is 11.7 Å². The number of fused-ring (bicyclic) bond motifs is 1. The molecule has 0 radical (unpaired) electrons. The summed E-state index contributed by atoms with van der Waals surface area (Å²) < 4.78 is 13.4. The number of amides is 1. The lowest BCUT2D eigenvalue weighted by molar-refractivity contribution is -0.140. The minimum absolute atomic E-state index is 0.0143. The Balaban J connectivity index is 1.24. The summed E-state index contributed by atoms with van der Waals surface area (Å²) in [5, 5.41) is 8.54. The van der Waals surface area contributed by atoms with Gasteiger partial charge < -0.3 is 14.4 Å². The highest BCUT2D eigenvalue weighted by Crippen LogP contribution is 2.39. The van der Waals surface area contributed by atoms with Crippen molar-refractivity contribution in [3.05, 3.63) is 36.2 Å². The lowest BCUT2D eigenvalue weighted by Gasteiger charge is -2.28. The highest BCUT2D eigenvalue weighted by Gasteiger charge is 2.36. The van der Waals surface area contributed by atoms with Gasteiger partial charge in [0.15, 0.2) is 11.5 Å². The molecule has 1 aromatic heterocycles. The van der Waals surface area contributed by atoms with Crippen molar-refractivity contribution in [2.24, 2.45) is 0 Å². The third-order valence-electron chi connectivity index (χ3n) is 5.16. The van der Waals surface area contributed by atoms with Crippen LogP contribution < -0.4 is 9.47 Å². The first-order chi connectivity index (χ1) is 12.3. The molecule has 25 heavy (non-hydrogen) atoms. The van der Waals surface area contributed by atoms with Crippen LogP contribution in [0.4, 0.5) is 0 Å². The third kappa shape index (κ3) is 2.73. The molecule has 130 valence electrons. The molecule has 2 unspecified atom stereocenters. The van der Waals surface area contributed by atoms with Gasteiger partial charge in [0.2, 0.25) is 6.10 Å². The minimum atomic E-state index is -0.577. The zero-order chi connectivity index (χ0) is 16.8. The van der Waals surface area contributed by atoms with Gasteiger partial charge in [-0.1, -0.05) is 17.3 Å². The average molecular weight is 340 g/mol. The zero-order valence-electron chi connectivity index (χ0n) is 13.9. The van der Waals surface area contributed by atoms with Crippen molar-refractivity contribution in [1.82, 2.24) is 19.9 Å². The summed E-state index contributed by atoms with van der Waals surface area (Å²) in [6, 6.07) is 7.65. The van der Waals surface area contributed by atoms with Crippen LogP contribution in [0.2, 0.25) is 0 Å². The van der Waals surface area contributed by atoms with Crippen molar-refractivity contribution < 1.29 is 14.3 Å². The second-order valence-electron chi connectivity index (χ2n) is 6.99. The number of nitrogens with zero attached hydrogens (tertiary/aromatic N) is 4. The Morgan fingerprint density at radius 3 is 2.84 bits per heavy atom. The van der Waals surface area contributed by atoms with Crippen LogP contribution in [0, 0.1) is 0 Å². The van der Waals surface area contributed by atoms with Gasteiger partial charge in [-0.25, -0.2) is 4.68 Å². The number of para-hydroxylation sites is 2. The van der Waals surface area contributed by atoms with Crippen molar-refractivity contribution in [1.29, 1.82) is 0 Å². The molecule has 2 aliphatic heterocycles. The molecule has 1 aliphatic carbocycles. The molecule has 2 aromatic rings. The minimum Gasteiger partial charge on any atom is -0.485 e. The molecule has 1 saturated carbocycles. The van der Waals surface area contributed by atoms with Crippen LogP contribution in [-0.2, 0) is 4.79 Å². The Hall–Kier alpha value is -2.57. The van der Waals surface area contributed by atoms with E-state index < -0.39 is 6.10 Å². The zero-order valence-corrected chi connectivity index (χ0v) is 13.9. The number of likely N-dealkylation sites (tertiary alicyclic amines) is 1. The normalized spacial score (nSPS) is 25.2. The molecule has 7 heteroatoms. The molecule has 1 aromatic carbocycles. The first-order valence-corrected chi connectivity index (χ1v) is 8.87. The predicted molar refractivity (Wildman–Crippen MR) is 88.6 cm³/mol. The highest BCUT2D eigenvalue weighted by molar-refractivity contribution is 5.82. The maximum atomic E-state index is 12.8. The number of hydrogen-bond acceptors (Lipinski definition) is 5. The van der Waals surface area contributed by atoms with Crippen molar-refractivity contribution >= 4 is 5.91 Å². The van der Waals surface area contributed by atoms with Gasteiger partial charge >= 0.3 is 0 Å². The number of carbonyl (C=O) groups excluding carboxylic acids is 1. The summed E-state index contributed by atoms with van der Waals surface area (Å²) in [6.07, 6.45) is 4.80. The molecular weight excluding hydrogens is 320 g/mol. The Kier molecular flexibility index (Phi) is 3.39. The summed E-state index contributed by atoms with van der Waals surface area (Å²) in [7, 11) is 0.